The third kappa shape index (κ3) is 2.75. The van der Waals surface area contributed by atoms with Gasteiger partial charge >= 0.3 is 0 Å². The molecule has 1 aliphatic rings. The van der Waals surface area contributed by atoms with E-state index >= 15 is 0 Å². The summed E-state index contributed by atoms with van der Waals surface area (Å²) >= 11 is 2.00. The van der Waals surface area contributed by atoms with Crippen LogP contribution >= 0.6 is 11.8 Å². The number of rotatable bonds is 4. The molecule has 0 aliphatic carbocycles. The Morgan fingerprint density at radius 1 is 1.38 bits per heavy atom. The van der Waals surface area contributed by atoms with Gasteiger partial charge in [0, 0.05) is 0 Å². The summed E-state index contributed by atoms with van der Waals surface area (Å²) in [5.74, 6) is 3.91. The van der Waals surface area contributed by atoms with Crippen molar-refractivity contribution in [2.75, 3.05) is 18.6 Å². The van der Waals surface area contributed by atoms with Crippen LogP contribution in [0.4, 0.5) is 0 Å². The number of fused-ring (bicyclic) bond motifs is 1. The summed E-state index contributed by atoms with van der Waals surface area (Å²) in [4.78, 5) is 0. The summed E-state index contributed by atoms with van der Waals surface area (Å²) in [6, 6.07) is 4.05. The van der Waals surface area contributed by atoms with Crippen molar-refractivity contribution in [2.24, 2.45) is 0 Å². The molecule has 0 aromatic carbocycles. The highest BCUT2D eigenvalue weighted by Gasteiger charge is 2.18. The second-order valence-corrected chi connectivity index (χ2v) is 6.42. The Bertz CT molecular complexity index is 660. The van der Waals surface area contributed by atoms with Gasteiger partial charge in [-0.3, -0.25) is 0 Å². The fraction of sp³-hybridized carbons (Fsp3) is 0.438. The molecule has 2 aromatic heterocycles. The van der Waals surface area contributed by atoms with Gasteiger partial charge < -0.3 is 9.47 Å². The summed E-state index contributed by atoms with van der Waals surface area (Å²) in [5.41, 5.74) is 2.92. The number of hydrogen-bond donors (Lipinski definition) is 0. The van der Waals surface area contributed by atoms with E-state index in [9.17, 15) is 0 Å². The van der Waals surface area contributed by atoms with Crippen molar-refractivity contribution in [3.8, 4) is 5.75 Å². The maximum atomic E-state index is 6.16. The van der Waals surface area contributed by atoms with Crippen LogP contribution in [0.15, 0.2) is 24.9 Å². The normalized spacial score (nSPS) is 16.1. The largest absolute Gasteiger partial charge is 0.497 e. The molecule has 1 aliphatic heterocycles. The second kappa shape index (κ2) is 6.02. The van der Waals surface area contributed by atoms with Crippen LogP contribution in [0.1, 0.15) is 24.1 Å². The molecule has 21 heavy (non-hydrogen) atoms. The fourth-order valence-corrected chi connectivity index (χ4v) is 3.65. The summed E-state index contributed by atoms with van der Waals surface area (Å²) in [6.07, 6.45) is 4.35. The lowest BCUT2D eigenvalue weighted by Gasteiger charge is -2.23. The van der Waals surface area contributed by atoms with Gasteiger partial charge in [-0.1, -0.05) is 6.58 Å². The third-order valence-corrected chi connectivity index (χ3v) is 4.93. The molecule has 112 valence electrons. The summed E-state index contributed by atoms with van der Waals surface area (Å²) in [6.45, 7) is 5.94. The van der Waals surface area contributed by atoms with Gasteiger partial charge in [0.05, 0.1) is 30.1 Å². The SMILES string of the molecule is C=C(OC)c1cnn2c(C)c(OC3CCSCC3)ccc12. The molecule has 0 saturated carbocycles. The summed E-state index contributed by atoms with van der Waals surface area (Å²) in [7, 11) is 1.62. The van der Waals surface area contributed by atoms with Crippen molar-refractivity contribution in [3.05, 3.63) is 36.2 Å². The van der Waals surface area contributed by atoms with E-state index in [2.05, 4.69) is 11.7 Å². The Morgan fingerprint density at radius 2 is 2.14 bits per heavy atom. The van der Waals surface area contributed by atoms with Crippen molar-refractivity contribution >= 4 is 23.0 Å². The molecule has 3 rings (SSSR count). The minimum absolute atomic E-state index is 0.325. The minimum atomic E-state index is 0.325. The van der Waals surface area contributed by atoms with Crippen LogP contribution in [-0.2, 0) is 4.74 Å². The highest BCUT2D eigenvalue weighted by atomic mass is 32.2. The predicted molar refractivity (Wildman–Crippen MR) is 86.9 cm³/mol. The molecule has 0 radical (unpaired) electrons. The van der Waals surface area contributed by atoms with Crippen molar-refractivity contribution < 1.29 is 9.47 Å². The van der Waals surface area contributed by atoms with Gasteiger partial charge in [-0.05, 0) is 43.4 Å². The van der Waals surface area contributed by atoms with Gasteiger partial charge in [-0.15, -0.1) is 0 Å². The van der Waals surface area contributed by atoms with Gasteiger partial charge in [-0.25, -0.2) is 4.52 Å². The van der Waals surface area contributed by atoms with Gasteiger partial charge in [-0.2, -0.15) is 16.9 Å². The van der Waals surface area contributed by atoms with E-state index < -0.39 is 0 Å². The Kier molecular flexibility index (Phi) is 4.10. The first-order valence-corrected chi connectivity index (χ1v) is 8.31. The molecule has 0 bridgehead atoms. The monoisotopic (exact) mass is 304 g/mol. The summed E-state index contributed by atoms with van der Waals surface area (Å²) in [5, 5.41) is 4.43. The first-order chi connectivity index (χ1) is 10.2. The topological polar surface area (TPSA) is 35.8 Å². The van der Waals surface area contributed by atoms with E-state index in [0.717, 1.165) is 35.4 Å². The Hall–Kier alpha value is -1.62. The van der Waals surface area contributed by atoms with E-state index in [1.54, 1.807) is 13.3 Å². The smallest absolute Gasteiger partial charge is 0.141 e. The lowest BCUT2D eigenvalue weighted by atomic mass is 10.2. The van der Waals surface area contributed by atoms with Gasteiger partial charge in [0.2, 0.25) is 0 Å². The number of aryl methyl sites for hydroxylation is 1. The van der Waals surface area contributed by atoms with E-state index in [0.29, 0.717) is 11.9 Å². The molecule has 0 N–H and O–H groups in total. The maximum Gasteiger partial charge on any atom is 0.141 e. The lowest BCUT2D eigenvalue weighted by molar-refractivity contribution is 0.190. The number of hydrogen-bond acceptors (Lipinski definition) is 4. The average Bonchev–Trinajstić information content (AvgIpc) is 2.95. The molecular formula is C16H20N2O2S. The average molecular weight is 304 g/mol. The molecule has 1 saturated heterocycles. The predicted octanol–water partition coefficient (Wildman–Crippen LogP) is 3.53. The van der Waals surface area contributed by atoms with E-state index in [1.807, 2.05) is 35.3 Å². The second-order valence-electron chi connectivity index (χ2n) is 5.20. The highest BCUT2D eigenvalue weighted by molar-refractivity contribution is 7.99. The van der Waals surface area contributed by atoms with E-state index in [4.69, 9.17) is 9.47 Å². The van der Waals surface area contributed by atoms with Crippen molar-refractivity contribution in [1.82, 2.24) is 9.61 Å². The van der Waals surface area contributed by atoms with E-state index in [1.165, 1.54) is 11.5 Å². The third-order valence-electron chi connectivity index (χ3n) is 3.88. The van der Waals surface area contributed by atoms with Gasteiger partial charge in [0.25, 0.3) is 0 Å². The molecular weight excluding hydrogens is 284 g/mol. The zero-order chi connectivity index (χ0) is 14.8. The van der Waals surface area contributed by atoms with Gasteiger partial charge in [0.15, 0.2) is 0 Å². The standard InChI is InChI=1S/C16H20N2O2S/c1-11-16(20-13-6-8-21-9-7-13)5-4-15-14(12(2)19-3)10-17-18(11)15/h4-5,10,13H,2,6-9H2,1,3H3. The van der Waals surface area contributed by atoms with Crippen molar-refractivity contribution in [2.45, 2.75) is 25.9 Å². The van der Waals surface area contributed by atoms with Crippen LogP contribution in [0.2, 0.25) is 0 Å². The first kappa shape index (κ1) is 14.3. The van der Waals surface area contributed by atoms with Crippen LogP contribution in [0.3, 0.4) is 0 Å². The molecule has 3 heterocycles. The molecule has 0 amide bonds. The summed E-state index contributed by atoms with van der Waals surface area (Å²) < 4.78 is 13.3. The lowest BCUT2D eigenvalue weighted by Crippen LogP contribution is -2.22. The molecule has 4 nitrogen and oxygen atoms in total. The Morgan fingerprint density at radius 3 is 2.86 bits per heavy atom. The molecule has 0 spiro atoms. The number of thioether (sulfide) groups is 1. The molecule has 5 heteroatoms. The number of aromatic nitrogens is 2. The van der Waals surface area contributed by atoms with Gasteiger partial charge in [0.1, 0.15) is 17.6 Å². The van der Waals surface area contributed by atoms with Crippen LogP contribution in [0.5, 0.6) is 5.75 Å². The van der Waals surface area contributed by atoms with Crippen molar-refractivity contribution in [1.29, 1.82) is 0 Å². The van der Waals surface area contributed by atoms with Crippen LogP contribution in [-0.4, -0.2) is 34.3 Å². The molecule has 2 aromatic rings. The molecule has 0 unspecified atom stereocenters. The fourth-order valence-electron chi connectivity index (χ4n) is 2.59. The quantitative estimate of drug-likeness (QED) is 0.810. The zero-order valence-electron chi connectivity index (χ0n) is 12.5. The molecule has 1 fully saturated rings. The minimum Gasteiger partial charge on any atom is -0.497 e. The maximum absolute atomic E-state index is 6.16. The molecule has 0 atom stereocenters. The van der Waals surface area contributed by atoms with Crippen molar-refractivity contribution in [3.63, 3.8) is 0 Å². The van der Waals surface area contributed by atoms with Crippen LogP contribution in [0.25, 0.3) is 11.3 Å². The Balaban J connectivity index is 1.91. The highest BCUT2D eigenvalue weighted by Crippen LogP contribution is 2.28. The number of ether oxygens (including phenoxy) is 2. The zero-order valence-corrected chi connectivity index (χ0v) is 13.3. The number of methoxy groups -OCH3 is 1. The number of pyridine rings is 1. The number of nitrogens with zero attached hydrogens (tertiary/aromatic N) is 2. The Labute approximate surface area is 129 Å². The first-order valence-electron chi connectivity index (χ1n) is 7.15. The van der Waals surface area contributed by atoms with Crippen LogP contribution < -0.4 is 4.74 Å². The van der Waals surface area contributed by atoms with Crippen LogP contribution in [0, 0.1) is 6.92 Å². The van der Waals surface area contributed by atoms with E-state index in [-0.39, 0.29) is 0 Å².